The van der Waals surface area contributed by atoms with Crippen LogP contribution in [0.15, 0.2) is 36.8 Å². The summed E-state index contributed by atoms with van der Waals surface area (Å²) < 4.78 is 8.12. The number of aromatic nitrogens is 4. The second kappa shape index (κ2) is 10.7. The van der Waals surface area contributed by atoms with Crippen LogP contribution in [0.5, 0.6) is 11.6 Å². The van der Waals surface area contributed by atoms with Crippen LogP contribution in [0.2, 0.25) is 0 Å². The van der Waals surface area contributed by atoms with Gasteiger partial charge in [-0.3, -0.25) is 4.68 Å². The number of anilines is 2. The van der Waals surface area contributed by atoms with Crippen LogP contribution in [0.1, 0.15) is 57.2 Å². The van der Waals surface area contributed by atoms with E-state index in [1.807, 2.05) is 10.9 Å². The molecule has 3 aromatic rings. The molecule has 2 aliphatic heterocycles. The van der Waals surface area contributed by atoms with Gasteiger partial charge in [0.15, 0.2) is 11.6 Å². The Balaban J connectivity index is 1.43. The van der Waals surface area contributed by atoms with E-state index in [9.17, 15) is 0 Å². The van der Waals surface area contributed by atoms with Crippen molar-refractivity contribution >= 4 is 11.5 Å². The Morgan fingerprint density at radius 3 is 2.57 bits per heavy atom. The van der Waals surface area contributed by atoms with Crippen LogP contribution in [-0.4, -0.2) is 76.4 Å². The van der Waals surface area contributed by atoms with E-state index in [4.69, 9.17) is 15.5 Å². The highest BCUT2D eigenvalue weighted by molar-refractivity contribution is 5.69. The monoisotopic (exact) mass is 504 g/mol. The summed E-state index contributed by atoms with van der Waals surface area (Å²) in [4.78, 5) is 16.3. The van der Waals surface area contributed by atoms with Gasteiger partial charge in [0, 0.05) is 29.9 Å². The van der Waals surface area contributed by atoms with Crippen molar-refractivity contribution in [1.82, 2.24) is 29.5 Å². The van der Waals surface area contributed by atoms with E-state index >= 15 is 0 Å². The lowest BCUT2D eigenvalue weighted by molar-refractivity contribution is 0.212. The van der Waals surface area contributed by atoms with Crippen LogP contribution in [0.25, 0.3) is 11.3 Å². The maximum atomic E-state index is 6.20. The molecule has 0 amide bonds. The van der Waals surface area contributed by atoms with Crippen LogP contribution in [0, 0.1) is 0 Å². The Kier molecular flexibility index (Phi) is 7.35. The quantitative estimate of drug-likeness (QED) is 0.500. The standard InChI is InChI=1S/C28H40N8O/c1-19-7-6-10-35(19)24-14-21(20(2)33(3)4)13-22(15-24)26-17-30-27(29)28(32-26)37-25-16-31-36(18-25)23-8-11-34(5)12-9-23/h13-20,23H,6-12H2,1-5H3,(H2,29,30)/t19-,20?/m1/s1. The molecule has 2 aromatic heterocycles. The first-order chi connectivity index (χ1) is 17.8. The van der Waals surface area contributed by atoms with Crippen LogP contribution in [0.4, 0.5) is 11.5 Å². The van der Waals surface area contributed by atoms with Crippen molar-refractivity contribution in [2.24, 2.45) is 0 Å². The molecular formula is C28H40N8O. The number of piperidine rings is 1. The summed E-state index contributed by atoms with van der Waals surface area (Å²) in [6.07, 6.45) is 10.0. The fourth-order valence-corrected chi connectivity index (χ4v) is 5.34. The fourth-order valence-electron chi connectivity index (χ4n) is 5.34. The largest absolute Gasteiger partial charge is 0.433 e. The third-order valence-corrected chi connectivity index (χ3v) is 8.00. The number of benzene rings is 1. The minimum Gasteiger partial charge on any atom is -0.433 e. The lowest BCUT2D eigenvalue weighted by Gasteiger charge is -2.28. The highest BCUT2D eigenvalue weighted by Gasteiger charge is 2.23. The molecule has 0 spiro atoms. The van der Waals surface area contributed by atoms with Gasteiger partial charge < -0.3 is 25.2 Å². The number of likely N-dealkylation sites (tertiary alicyclic amines) is 1. The average Bonchev–Trinajstić information content (AvgIpc) is 3.54. The first kappa shape index (κ1) is 25.5. The fraction of sp³-hybridized carbons (Fsp3) is 0.536. The van der Waals surface area contributed by atoms with E-state index < -0.39 is 0 Å². The number of rotatable bonds is 7. The van der Waals surface area contributed by atoms with Crippen LogP contribution in [-0.2, 0) is 0 Å². The second-order valence-corrected chi connectivity index (χ2v) is 10.9. The Labute approximate surface area is 220 Å². The van der Waals surface area contributed by atoms with Gasteiger partial charge >= 0.3 is 0 Å². The molecular weight excluding hydrogens is 464 g/mol. The predicted octanol–water partition coefficient (Wildman–Crippen LogP) is 4.59. The van der Waals surface area contributed by atoms with Crippen molar-refractivity contribution in [2.75, 3.05) is 51.4 Å². The van der Waals surface area contributed by atoms with Crippen LogP contribution in [0.3, 0.4) is 0 Å². The van der Waals surface area contributed by atoms with E-state index in [2.05, 4.69) is 78.0 Å². The molecule has 0 saturated carbocycles. The Hall–Kier alpha value is -3.17. The van der Waals surface area contributed by atoms with Crippen LogP contribution < -0.4 is 15.4 Å². The van der Waals surface area contributed by atoms with Gasteiger partial charge in [-0.1, -0.05) is 0 Å². The molecule has 9 nitrogen and oxygen atoms in total. The predicted molar refractivity (Wildman–Crippen MR) is 148 cm³/mol. The molecule has 0 aliphatic carbocycles. The first-order valence-electron chi connectivity index (χ1n) is 13.4. The molecule has 2 N–H and O–H groups in total. The number of nitrogens with zero attached hydrogens (tertiary/aromatic N) is 7. The highest BCUT2D eigenvalue weighted by Crippen LogP contribution is 2.35. The smallest absolute Gasteiger partial charge is 0.263 e. The zero-order valence-corrected chi connectivity index (χ0v) is 22.8. The molecule has 2 aliphatic rings. The van der Waals surface area contributed by atoms with Gasteiger partial charge in [0.25, 0.3) is 5.88 Å². The van der Waals surface area contributed by atoms with E-state index in [-0.39, 0.29) is 11.9 Å². The van der Waals surface area contributed by atoms with Crippen molar-refractivity contribution < 1.29 is 4.74 Å². The maximum Gasteiger partial charge on any atom is 0.263 e. The van der Waals surface area contributed by atoms with Gasteiger partial charge in [-0.25, -0.2) is 9.97 Å². The van der Waals surface area contributed by atoms with Crippen molar-refractivity contribution in [1.29, 1.82) is 0 Å². The minimum atomic E-state index is 0.263. The van der Waals surface area contributed by atoms with Crippen LogP contribution >= 0.6 is 0 Å². The zero-order valence-electron chi connectivity index (χ0n) is 22.8. The highest BCUT2D eigenvalue weighted by atomic mass is 16.5. The van der Waals surface area contributed by atoms with E-state index in [0.29, 0.717) is 23.7 Å². The zero-order chi connectivity index (χ0) is 26.1. The molecule has 198 valence electrons. The Morgan fingerprint density at radius 1 is 1.08 bits per heavy atom. The van der Waals surface area contributed by atoms with E-state index in [1.165, 1.54) is 24.1 Å². The number of hydrogen-bond acceptors (Lipinski definition) is 8. The molecule has 9 heteroatoms. The topological polar surface area (TPSA) is 88.6 Å². The molecule has 1 unspecified atom stereocenters. The summed E-state index contributed by atoms with van der Waals surface area (Å²) in [6.45, 7) is 7.75. The van der Waals surface area contributed by atoms with Crippen molar-refractivity contribution in [2.45, 2.75) is 57.7 Å². The SMILES string of the molecule is CC(c1cc(-c2cnc(N)c(Oc3cnn(C4CCN(C)CC4)c3)n2)cc(N2CCC[C@H]2C)c1)N(C)C. The minimum absolute atomic E-state index is 0.263. The molecule has 5 rings (SSSR count). The lowest BCUT2D eigenvalue weighted by Crippen LogP contribution is -2.31. The molecule has 37 heavy (non-hydrogen) atoms. The molecule has 0 radical (unpaired) electrons. The third-order valence-electron chi connectivity index (χ3n) is 8.00. The maximum absolute atomic E-state index is 6.20. The van der Waals surface area contributed by atoms with E-state index in [1.54, 1.807) is 12.4 Å². The number of nitrogen functional groups attached to an aromatic ring is 1. The summed E-state index contributed by atoms with van der Waals surface area (Å²) in [7, 11) is 6.38. The Bertz CT molecular complexity index is 1220. The lowest BCUT2D eigenvalue weighted by atomic mass is 10.0. The Morgan fingerprint density at radius 2 is 1.86 bits per heavy atom. The van der Waals surface area contributed by atoms with E-state index in [0.717, 1.165) is 43.7 Å². The molecule has 2 fully saturated rings. The second-order valence-electron chi connectivity index (χ2n) is 10.9. The molecule has 0 bridgehead atoms. The molecule has 4 heterocycles. The van der Waals surface area contributed by atoms with Gasteiger partial charge in [-0.15, -0.1) is 0 Å². The summed E-state index contributed by atoms with van der Waals surface area (Å²) in [6, 6.07) is 7.91. The average molecular weight is 505 g/mol. The number of ether oxygens (including phenoxy) is 1. The summed E-state index contributed by atoms with van der Waals surface area (Å²) >= 11 is 0. The van der Waals surface area contributed by atoms with Crippen molar-refractivity contribution in [3.8, 4) is 22.9 Å². The van der Waals surface area contributed by atoms with Crippen molar-refractivity contribution in [3.05, 3.63) is 42.4 Å². The first-order valence-corrected chi connectivity index (χ1v) is 13.4. The van der Waals surface area contributed by atoms with Gasteiger partial charge in [0.05, 0.1) is 30.3 Å². The van der Waals surface area contributed by atoms with Gasteiger partial charge in [0.1, 0.15) is 0 Å². The van der Waals surface area contributed by atoms with Crippen molar-refractivity contribution in [3.63, 3.8) is 0 Å². The molecule has 2 saturated heterocycles. The number of hydrogen-bond donors (Lipinski definition) is 1. The van der Waals surface area contributed by atoms with Gasteiger partial charge in [-0.05, 0) is 97.5 Å². The van der Waals surface area contributed by atoms with Gasteiger partial charge in [0.2, 0.25) is 0 Å². The summed E-state index contributed by atoms with van der Waals surface area (Å²) in [5.41, 5.74) is 10.4. The molecule has 2 atom stereocenters. The number of nitrogens with two attached hydrogens (primary N) is 1. The normalized spacial score (nSPS) is 20.1. The summed E-state index contributed by atoms with van der Waals surface area (Å²) in [5, 5.41) is 4.56. The third kappa shape index (κ3) is 5.57. The summed E-state index contributed by atoms with van der Waals surface area (Å²) in [5.74, 6) is 1.20. The molecule has 1 aromatic carbocycles. The van der Waals surface area contributed by atoms with Gasteiger partial charge in [-0.2, -0.15) is 5.10 Å².